The predicted molar refractivity (Wildman–Crippen MR) is 236 cm³/mol. The summed E-state index contributed by atoms with van der Waals surface area (Å²) in [6.07, 6.45) is 0. The van der Waals surface area contributed by atoms with E-state index in [0.29, 0.717) is 38.7 Å². The van der Waals surface area contributed by atoms with E-state index in [9.17, 15) is 0 Å². The van der Waals surface area contributed by atoms with Gasteiger partial charge in [0.1, 0.15) is 81.8 Å². The van der Waals surface area contributed by atoms with Crippen molar-refractivity contribution in [1.29, 1.82) is 0 Å². The fourth-order valence-corrected chi connectivity index (χ4v) is 8.28. The minimum atomic E-state index is 0.149. The number of rotatable bonds is 3. The maximum atomic E-state index is 6.73. The van der Waals surface area contributed by atoms with Crippen molar-refractivity contribution in [2.24, 2.45) is 0 Å². The van der Waals surface area contributed by atoms with E-state index >= 15 is 0 Å². The van der Waals surface area contributed by atoms with Crippen molar-refractivity contribution in [2.75, 3.05) is 0 Å². The Kier molecular flexibility index (Phi) is 7.21. The van der Waals surface area contributed by atoms with Crippen LogP contribution in [0.25, 0.3) is 88.1 Å². The van der Waals surface area contributed by atoms with E-state index in [0.717, 1.165) is 60.2 Å². The third kappa shape index (κ3) is 4.31. The van der Waals surface area contributed by atoms with E-state index in [1.54, 1.807) is 0 Å². The second kappa shape index (κ2) is 11.8. The summed E-state index contributed by atoms with van der Waals surface area (Å²) < 4.78 is 11.0. The first-order valence-electron chi connectivity index (χ1n) is 17.2. The smallest absolute Gasteiger partial charge is 0.145 e. The minimum absolute atomic E-state index is 0.149. The summed E-state index contributed by atoms with van der Waals surface area (Å²) in [5.74, 6) is 0. The van der Waals surface area contributed by atoms with Crippen LogP contribution in [0, 0.1) is 0 Å². The Bertz CT molecular complexity index is 3260. The predicted octanol–water partition coefficient (Wildman–Crippen LogP) is 0.591. The molecule has 7 aromatic carbocycles. The number of hydrogen-bond donors (Lipinski definition) is 0. The van der Waals surface area contributed by atoms with Gasteiger partial charge in [-0.3, -0.25) is 0 Å². The van der Waals surface area contributed by atoms with Gasteiger partial charge in [0.15, 0.2) is 0 Å². The van der Waals surface area contributed by atoms with Crippen LogP contribution in [0.3, 0.4) is 0 Å². The molecule has 10 aromatic rings. The first-order chi connectivity index (χ1) is 26.1. The highest BCUT2D eigenvalue weighted by molar-refractivity contribution is 6.69. The molecule has 0 fully saturated rings. The third-order valence-corrected chi connectivity index (χ3v) is 10.9. The molecule has 0 unspecified atom stereocenters. The topological polar surface area (TPSA) is 23.0 Å². The van der Waals surface area contributed by atoms with Gasteiger partial charge < -0.3 is 13.6 Å². The van der Waals surface area contributed by atoms with E-state index < -0.39 is 0 Å². The van der Waals surface area contributed by atoms with E-state index in [1.807, 2.05) is 72.8 Å². The van der Waals surface area contributed by atoms with Crippen LogP contribution in [-0.2, 0) is 0 Å². The third-order valence-electron chi connectivity index (χ3n) is 10.9. The van der Waals surface area contributed by atoms with Gasteiger partial charge in [0.2, 0.25) is 0 Å². The molecule has 0 atom stereocenters. The van der Waals surface area contributed by atoms with E-state index in [1.165, 1.54) is 0 Å². The summed E-state index contributed by atoms with van der Waals surface area (Å²) in [6.45, 7) is 0. The van der Waals surface area contributed by atoms with Crippen molar-refractivity contribution in [1.82, 2.24) is 9.13 Å². The van der Waals surface area contributed by atoms with E-state index in [-0.39, 0.29) is 38.2 Å². The Balaban J connectivity index is 1.30. The van der Waals surface area contributed by atoms with Crippen LogP contribution >= 0.6 is 0 Å². The van der Waals surface area contributed by atoms with Crippen molar-refractivity contribution in [3.8, 4) is 22.5 Å². The fourth-order valence-electron chi connectivity index (χ4n) is 8.28. The highest BCUT2D eigenvalue weighted by atomic mass is 16.3. The lowest BCUT2D eigenvalue weighted by Crippen LogP contribution is -2.55. The molecule has 0 amide bonds. The minimum Gasteiger partial charge on any atom is -0.455 e. The highest BCUT2D eigenvalue weighted by Crippen LogP contribution is 2.42. The zero-order valence-electron chi connectivity index (χ0n) is 28.8. The fraction of sp³-hybridized carbons (Fsp3) is 0. The van der Waals surface area contributed by atoms with Crippen molar-refractivity contribution < 1.29 is 4.42 Å². The second-order valence-electron chi connectivity index (χ2n) is 13.7. The zero-order chi connectivity index (χ0) is 37.3. The number of nitrogens with zero attached hydrogens (tertiary/aromatic N) is 2. The molecule has 0 bridgehead atoms. The van der Waals surface area contributed by atoms with Gasteiger partial charge in [-0.25, -0.2) is 0 Å². The van der Waals surface area contributed by atoms with Crippen LogP contribution in [0.15, 0.2) is 108 Å². The molecule has 54 heavy (non-hydrogen) atoms. The molecule has 0 spiro atoms. The molecule has 0 saturated heterocycles. The van der Waals surface area contributed by atoms with Crippen LogP contribution in [0.5, 0.6) is 0 Å². The van der Waals surface area contributed by atoms with Gasteiger partial charge in [0.05, 0.1) is 27.6 Å². The lowest BCUT2D eigenvalue weighted by atomic mass is 9.59. The SMILES string of the molecule is [B]c1c([B])c([B])c(-c2ccc(-n3c4ccccc4c4cc(-n5c6ccccc6c6c([B])c([B])c([B])c([B])c65)ccc43)c3c2oc2ccccc23)c([B])c1[B]. The molecular weight excluding hydrogens is 646 g/mol. The van der Waals surface area contributed by atoms with Gasteiger partial charge in [0, 0.05) is 38.3 Å². The van der Waals surface area contributed by atoms with Crippen molar-refractivity contribution in [3.05, 3.63) is 103 Å². The lowest BCUT2D eigenvalue weighted by Gasteiger charge is -2.22. The number of furan rings is 1. The molecule has 18 radical (unpaired) electrons. The van der Waals surface area contributed by atoms with Crippen LogP contribution in [0.2, 0.25) is 0 Å². The summed E-state index contributed by atoms with van der Waals surface area (Å²) in [7, 11) is 58.1. The molecule has 3 heterocycles. The summed E-state index contributed by atoms with van der Waals surface area (Å²) in [5.41, 5.74) is 9.99. The van der Waals surface area contributed by atoms with Crippen LogP contribution in [0.4, 0.5) is 0 Å². The van der Waals surface area contributed by atoms with Gasteiger partial charge in [-0.05, 0) is 59.5 Å². The van der Waals surface area contributed by atoms with Crippen LogP contribution in [0.1, 0.15) is 0 Å². The molecule has 228 valence electrons. The number of benzene rings is 7. The average Bonchev–Trinajstić information content (AvgIpc) is 3.86. The van der Waals surface area contributed by atoms with Crippen LogP contribution in [-0.4, -0.2) is 79.8 Å². The monoisotopic (exact) mass is 664 g/mol. The molecule has 12 heteroatoms. The number of aromatic nitrogens is 2. The molecule has 3 aromatic heterocycles. The van der Waals surface area contributed by atoms with Crippen LogP contribution < -0.4 is 49.2 Å². The normalized spacial score (nSPS) is 12.0. The van der Waals surface area contributed by atoms with Gasteiger partial charge >= 0.3 is 0 Å². The Morgan fingerprint density at radius 3 is 1.69 bits per heavy atom. The van der Waals surface area contributed by atoms with E-state index in [2.05, 4.69) is 39.5 Å². The molecule has 0 saturated carbocycles. The molecule has 10 rings (SSSR count). The van der Waals surface area contributed by atoms with Gasteiger partial charge in [-0.1, -0.05) is 76.4 Å². The first kappa shape index (κ1) is 33.1. The maximum absolute atomic E-state index is 6.73. The molecule has 3 nitrogen and oxygen atoms in total. The first-order valence-corrected chi connectivity index (χ1v) is 17.2. The maximum Gasteiger partial charge on any atom is 0.145 e. The summed E-state index contributed by atoms with van der Waals surface area (Å²) >= 11 is 0. The summed E-state index contributed by atoms with van der Waals surface area (Å²) in [4.78, 5) is 0. The molecule has 0 aliphatic rings. The number of hydrogen-bond acceptors (Lipinski definition) is 1. The standard InChI is InChI=1S/C42H17B9N2O/c43-32-30(33(44)36(47)38(49)35(32)46)22-14-16-27(29-21-9-3-6-12-28(21)54-42(22)29)53-24-10-4-1-7-19(24)23-17-18(13-15-26(23)53)52-25-11-5-2-8-20(25)31-34(45)37(48)39(50)40(51)41(31)52/h1-17H. The quantitative estimate of drug-likeness (QED) is 0.254. The Hall–Kier alpha value is -5.48. The summed E-state index contributed by atoms with van der Waals surface area (Å²) in [5, 5.41) is 5.52. The van der Waals surface area contributed by atoms with Crippen molar-refractivity contribution >= 4 is 185 Å². The largest absolute Gasteiger partial charge is 0.455 e. The Labute approximate surface area is 323 Å². The number of fused-ring (bicyclic) bond motifs is 9. The second-order valence-corrected chi connectivity index (χ2v) is 13.7. The summed E-state index contributed by atoms with van der Waals surface area (Å²) in [6, 6.07) is 34.5. The van der Waals surface area contributed by atoms with Crippen molar-refractivity contribution in [3.63, 3.8) is 0 Å². The van der Waals surface area contributed by atoms with E-state index in [4.69, 9.17) is 75.0 Å². The number of para-hydroxylation sites is 3. The Morgan fingerprint density at radius 2 is 0.963 bits per heavy atom. The van der Waals surface area contributed by atoms with Crippen molar-refractivity contribution in [2.45, 2.75) is 0 Å². The molecule has 0 N–H and O–H groups in total. The average molecular weight is 663 g/mol. The van der Waals surface area contributed by atoms with Gasteiger partial charge in [0.25, 0.3) is 0 Å². The Morgan fingerprint density at radius 1 is 0.407 bits per heavy atom. The molecule has 0 aliphatic heterocycles. The van der Waals surface area contributed by atoms with Gasteiger partial charge in [-0.2, -0.15) is 0 Å². The molecular formula is C42H17B9N2O. The zero-order valence-corrected chi connectivity index (χ0v) is 28.8. The highest BCUT2D eigenvalue weighted by Gasteiger charge is 2.24. The molecule has 0 aliphatic carbocycles. The lowest BCUT2D eigenvalue weighted by molar-refractivity contribution is 0.670. The van der Waals surface area contributed by atoms with Gasteiger partial charge in [-0.15, -0.1) is 27.3 Å².